The number of fused-ring (bicyclic) bond motifs is 2. The fraction of sp³-hybridized carbons (Fsp3) is 0.235. The van der Waals surface area contributed by atoms with Crippen molar-refractivity contribution in [1.29, 1.82) is 5.26 Å². The van der Waals surface area contributed by atoms with E-state index in [1.165, 1.54) is 7.11 Å². The van der Waals surface area contributed by atoms with Gasteiger partial charge in [-0.25, -0.2) is 4.79 Å². The Morgan fingerprint density at radius 2 is 1.53 bits per heavy atom. The molecule has 8 rings (SSSR count). The van der Waals surface area contributed by atoms with E-state index in [0.29, 0.717) is 59.0 Å². The lowest BCUT2D eigenvalue weighted by molar-refractivity contribution is -0.146. The molecule has 0 saturated heterocycles. The number of carbonyl (C=O) groups excluding carboxylic acids is 2. The number of benzene rings is 6. The molecule has 11 heteroatoms. The van der Waals surface area contributed by atoms with E-state index in [-0.39, 0.29) is 24.5 Å². The van der Waals surface area contributed by atoms with Crippen LogP contribution in [0.25, 0.3) is 11.1 Å². The predicted octanol–water partition coefficient (Wildman–Crippen LogP) is 10.4. The van der Waals surface area contributed by atoms with Crippen LogP contribution in [0.2, 0.25) is 10.0 Å². The molecule has 0 aliphatic carbocycles. The molecule has 62 heavy (non-hydrogen) atoms. The summed E-state index contributed by atoms with van der Waals surface area (Å²) in [7, 11) is 1.34. The van der Waals surface area contributed by atoms with E-state index in [4.69, 9.17) is 42.1 Å². The van der Waals surface area contributed by atoms with Crippen LogP contribution in [0.4, 0.5) is 0 Å². The molecule has 4 atom stereocenters. The van der Waals surface area contributed by atoms with Gasteiger partial charge >= 0.3 is 5.97 Å². The lowest BCUT2D eigenvalue weighted by atomic mass is 9.89. The van der Waals surface area contributed by atoms with Crippen LogP contribution in [0.15, 0.2) is 133 Å². The number of esters is 1. The lowest BCUT2D eigenvalue weighted by Gasteiger charge is -2.42. The zero-order chi connectivity index (χ0) is 43.2. The summed E-state index contributed by atoms with van der Waals surface area (Å²) in [4.78, 5) is 30.1. The molecule has 1 N–H and O–H groups in total. The minimum absolute atomic E-state index is 0.0789. The van der Waals surface area contributed by atoms with Crippen LogP contribution in [-0.4, -0.2) is 42.6 Å². The number of hydrogen-bond acceptors (Lipinski definition) is 8. The van der Waals surface area contributed by atoms with Crippen LogP contribution in [0.3, 0.4) is 0 Å². The van der Waals surface area contributed by atoms with Gasteiger partial charge in [0.15, 0.2) is 17.6 Å². The van der Waals surface area contributed by atoms with Crippen LogP contribution in [-0.2, 0) is 40.3 Å². The Bertz CT molecular complexity index is 2580. The third-order valence-corrected chi connectivity index (χ3v) is 12.3. The number of nitriles is 1. The molecule has 0 radical (unpaired) electrons. The maximum Gasteiger partial charge on any atom is 0.328 e. The fourth-order valence-electron chi connectivity index (χ4n) is 8.23. The smallest absolute Gasteiger partial charge is 0.328 e. The van der Waals surface area contributed by atoms with Crippen LogP contribution in [0, 0.1) is 11.3 Å². The summed E-state index contributed by atoms with van der Waals surface area (Å²) in [5.74, 6) is 1.20. The molecule has 9 nitrogen and oxygen atoms in total. The second-order valence-corrected chi connectivity index (χ2v) is 16.3. The van der Waals surface area contributed by atoms with E-state index >= 15 is 0 Å². The summed E-state index contributed by atoms with van der Waals surface area (Å²) in [6.07, 6.45) is 1.08. The van der Waals surface area contributed by atoms with Gasteiger partial charge in [-0.2, -0.15) is 5.26 Å². The van der Waals surface area contributed by atoms with Crippen molar-refractivity contribution in [3.05, 3.63) is 182 Å². The molecule has 2 unspecified atom stereocenters. The number of hydrogen-bond donors (Lipinski definition) is 1. The van der Waals surface area contributed by atoms with Gasteiger partial charge in [-0.15, -0.1) is 0 Å². The molecule has 314 valence electrons. The fourth-order valence-corrected chi connectivity index (χ4v) is 8.55. The first-order chi connectivity index (χ1) is 30.2. The lowest BCUT2D eigenvalue weighted by Crippen LogP contribution is -2.55. The van der Waals surface area contributed by atoms with Crippen molar-refractivity contribution in [1.82, 2.24) is 10.2 Å². The molecule has 2 aliphatic rings. The van der Waals surface area contributed by atoms with E-state index in [2.05, 4.69) is 35.3 Å². The van der Waals surface area contributed by atoms with Gasteiger partial charge in [-0.3, -0.25) is 9.69 Å². The van der Waals surface area contributed by atoms with E-state index in [9.17, 15) is 14.9 Å². The average Bonchev–Trinajstić information content (AvgIpc) is 3.31. The molecule has 0 aromatic heterocycles. The van der Waals surface area contributed by atoms with Crippen molar-refractivity contribution in [2.45, 2.75) is 63.6 Å². The van der Waals surface area contributed by atoms with Gasteiger partial charge in [0, 0.05) is 19.0 Å². The Morgan fingerprint density at radius 3 is 2.21 bits per heavy atom. The SMILES string of the molecule is CCC(c1ccccc1)N1Cc2cc3c(cc2C[C@H]1C(=O)NC(Cc1ccc(-c2ccc(C#N)cc2)cc1)C(=O)OC)OC[C@@H](c1ccc(OCc2ccc(Cl)c(Cl)c2)cc1)O3. The number of rotatable bonds is 13. The first-order valence-corrected chi connectivity index (χ1v) is 21.4. The van der Waals surface area contributed by atoms with E-state index in [1.807, 2.05) is 97.1 Å². The molecule has 1 amide bonds. The van der Waals surface area contributed by atoms with Crippen molar-refractivity contribution in [2.75, 3.05) is 13.7 Å². The minimum atomic E-state index is -0.909. The molecular formula is C51H45Cl2N3O6. The maximum atomic E-state index is 14.6. The highest BCUT2D eigenvalue weighted by atomic mass is 35.5. The highest BCUT2D eigenvalue weighted by Gasteiger charge is 2.39. The second kappa shape index (κ2) is 19.2. The quantitative estimate of drug-likeness (QED) is 0.114. The summed E-state index contributed by atoms with van der Waals surface area (Å²) in [5.41, 5.74) is 8.41. The number of halogens is 2. The molecule has 0 spiro atoms. The van der Waals surface area contributed by atoms with Gasteiger partial charge in [0.2, 0.25) is 5.91 Å². The van der Waals surface area contributed by atoms with Gasteiger partial charge in [0.1, 0.15) is 25.0 Å². The van der Waals surface area contributed by atoms with E-state index < -0.39 is 18.1 Å². The third-order valence-electron chi connectivity index (χ3n) is 11.6. The number of nitrogens with zero attached hydrogens (tertiary/aromatic N) is 2. The third kappa shape index (κ3) is 9.59. The number of amides is 1. The molecular weight excluding hydrogens is 821 g/mol. The van der Waals surface area contributed by atoms with Crippen molar-refractivity contribution >= 4 is 35.1 Å². The standard InChI is InChI=1S/C51H45Cl2N3O6/c1-3-45(37-7-5-4-6-8-37)56-29-40-27-48-47(61-31-49(62-48)38-18-20-41(21-19-38)60-30-34-13-22-42(52)43(53)23-34)26-39(40)25-46(56)50(57)55-44(51(58)59-2)24-32-9-14-35(15-10-32)36-16-11-33(28-54)12-17-36/h4-23,26-27,44-46,49H,3,24-25,29-31H2,1-2H3,(H,55,57)/t44?,45?,46-,49-/m0/s1. The monoisotopic (exact) mass is 865 g/mol. The average molecular weight is 867 g/mol. The minimum Gasteiger partial charge on any atom is -0.489 e. The highest BCUT2D eigenvalue weighted by molar-refractivity contribution is 6.42. The number of nitrogens with one attached hydrogen (secondary N) is 1. The zero-order valence-electron chi connectivity index (χ0n) is 34.4. The van der Waals surface area contributed by atoms with Crippen LogP contribution >= 0.6 is 23.2 Å². The Balaban J connectivity index is 0.996. The van der Waals surface area contributed by atoms with Crippen molar-refractivity contribution < 1.29 is 28.5 Å². The summed E-state index contributed by atoms with van der Waals surface area (Å²) in [6, 6.07) is 43.2. The van der Waals surface area contributed by atoms with Crippen molar-refractivity contribution in [3.63, 3.8) is 0 Å². The van der Waals surface area contributed by atoms with Crippen LogP contribution < -0.4 is 19.5 Å². The number of methoxy groups -OCH3 is 1. The predicted molar refractivity (Wildman–Crippen MR) is 239 cm³/mol. The van der Waals surface area contributed by atoms with Gasteiger partial charge in [-0.05, 0) is 106 Å². The highest BCUT2D eigenvalue weighted by Crippen LogP contribution is 2.43. The molecule has 0 fully saturated rings. The molecule has 0 saturated carbocycles. The first kappa shape index (κ1) is 42.4. The molecule has 6 aromatic carbocycles. The first-order valence-electron chi connectivity index (χ1n) is 20.6. The molecule has 2 aliphatic heterocycles. The van der Waals surface area contributed by atoms with Crippen LogP contribution in [0.1, 0.15) is 64.4 Å². The van der Waals surface area contributed by atoms with Crippen molar-refractivity contribution in [2.24, 2.45) is 0 Å². The summed E-state index contributed by atoms with van der Waals surface area (Å²) < 4.78 is 24.1. The largest absolute Gasteiger partial charge is 0.489 e. The van der Waals surface area contributed by atoms with E-state index in [0.717, 1.165) is 50.9 Å². The zero-order valence-corrected chi connectivity index (χ0v) is 35.9. The number of ether oxygens (including phenoxy) is 4. The Labute approximate surface area is 371 Å². The van der Waals surface area contributed by atoms with Gasteiger partial charge in [0.25, 0.3) is 0 Å². The Morgan fingerprint density at radius 1 is 0.839 bits per heavy atom. The van der Waals surface area contributed by atoms with Gasteiger partial charge < -0.3 is 24.3 Å². The normalized spacial score (nSPS) is 16.6. The molecule has 0 bridgehead atoms. The summed E-state index contributed by atoms with van der Waals surface area (Å²) in [6.45, 7) is 3.27. The topological polar surface area (TPSA) is 110 Å². The van der Waals surface area contributed by atoms with Gasteiger partial charge in [-0.1, -0.05) is 115 Å². The molecule has 2 heterocycles. The Kier molecular flexibility index (Phi) is 13.1. The van der Waals surface area contributed by atoms with Gasteiger partial charge in [0.05, 0.1) is 34.8 Å². The van der Waals surface area contributed by atoms with Crippen molar-refractivity contribution in [3.8, 4) is 34.4 Å². The summed E-state index contributed by atoms with van der Waals surface area (Å²) >= 11 is 12.2. The second-order valence-electron chi connectivity index (χ2n) is 15.5. The van der Waals surface area contributed by atoms with Crippen LogP contribution in [0.5, 0.6) is 17.2 Å². The maximum absolute atomic E-state index is 14.6. The Hall–Kier alpha value is -6.31. The summed E-state index contributed by atoms with van der Waals surface area (Å²) in [5, 5.41) is 13.2. The van der Waals surface area contributed by atoms with E-state index in [1.54, 1.807) is 24.3 Å². The number of carbonyl (C=O) groups is 2. The molecule has 6 aromatic rings.